The maximum Gasteiger partial charge on any atom is 0.573 e. The average molecular weight is 518 g/mol. The first-order valence-electron chi connectivity index (χ1n) is 10.8. The number of carbonyl (C=O) groups excluding carboxylic acids is 1. The second kappa shape index (κ2) is 11.3. The van der Waals surface area contributed by atoms with E-state index >= 15 is 0 Å². The van der Waals surface area contributed by atoms with Crippen LogP contribution < -0.4 is 20.1 Å². The number of anilines is 2. The van der Waals surface area contributed by atoms with E-state index in [0.717, 1.165) is 28.6 Å². The molecule has 0 spiro atoms. The Labute approximate surface area is 208 Å². The number of halogens is 3. The van der Waals surface area contributed by atoms with E-state index in [1.54, 1.807) is 24.8 Å². The summed E-state index contributed by atoms with van der Waals surface area (Å²) < 4.78 is 51.5. The van der Waals surface area contributed by atoms with Crippen molar-refractivity contribution in [2.24, 2.45) is 0 Å². The first-order valence-corrected chi connectivity index (χ1v) is 11.7. The lowest BCUT2D eigenvalue weighted by Gasteiger charge is -2.12. The molecule has 0 saturated heterocycles. The van der Waals surface area contributed by atoms with Crippen LogP contribution in [-0.2, 0) is 11.3 Å². The number of alkyl halides is 3. The Bertz CT molecular complexity index is 1330. The highest BCUT2D eigenvalue weighted by atomic mass is 32.1. The fourth-order valence-electron chi connectivity index (χ4n) is 3.42. The van der Waals surface area contributed by atoms with Crippen LogP contribution in [0.15, 0.2) is 66.2 Å². The van der Waals surface area contributed by atoms with Gasteiger partial charge in [0.25, 0.3) is 5.91 Å². The third-order valence-corrected chi connectivity index (χ3v) is 5.96. The largest absolute Gasteiger partial charge is 0.573 e. The SMILES string of the molecule is COCCOc1ccc2c(CNc3ccsc3C(=O)Nc3ccc(OC(F)(F)F)cc3)ccnc2c1. The molecule has 2 aromatic carbocycles. The van der Waals surface area contributed by atoms with E-state index in [4.69, 9.17) is 9.47 Å². The quantitative estimate of drug-likeness (QED) is 0.248. The fourth-order valence-corrected chi connectivity index (χ4v) is 4.18. The van der Waals surface area contributed by atoms with Crippen molar-refractivity contribution in [3.63, 3.8) is 0 Å². The van der Waals surface area contributed by atoms with Gasteiger partial charge in [-0.3, -0.25) is 9.78 Å². The third kappa shape index (κ3) is 6.64. The summed E-state index contributed by atoms with van der Waals surface area (Å²) in [7, 11) is 1.61. The highest BCUT2D eigenvalue weighted by Crippen LogP contribution is 2.28. The number of methoxy groups -OCH3 is 1. The van der Waals surface area contributed by atoms with E-state index in [2.05, 4.69) is 20.4 Å². The van der Waals surface area contributed by atoms with Gasteiger partial charge in [0.2, 0.25) is 0 Å². The zero-order chi connectivity index (χ0) is 25.5. The molecule has 0 fully saturated rings. The molecule has 0 aliphatic rings. The van der Waals surface area contributed by atoms with E-state index in [1.807, 2.05) is 24.3 Å². The molecular weight excluding hydrogens is 495 g/mol. The van der Waals surface area contributed by atoms with Crippen molar-refractivity contribution in [3.8, 4) is 11.5 Å². The van der Waals surface area contributed by atoms with Gasteiger partial charge in [0.1, 0.15) is 23.0 Å². The lowest BCUT2D eigenvalue weighted by molar-refractivity contribution is -0.274. The topological polar surface area (TPSA) is 81.7 Å². The molecule has 0 atom stereocenters. The van der Waals surface area contributed by atoms with E-state index in [0.29, 0.717) is 41.8 Å². The molecule has 36 heavy (non-hydrogen) atoms. The smallest absolute Gasteiger partial charge is 0.491 e. The van der Waals surface area contributed by atoms with Crippen LogP contribution >= 0.6 is 11.3 Å². The summed E-state index contributed by atoms with van der Waals surface area (Å²) in [6.45, 7) is 1.38. The summed E-state index contributed by atoms with van der Waals surface area (Å²) in [6, 6.07) is 14.3. The normalized spacial score (nSPS) is 11.3. The van der Waals surface area contributed by atoms with Crippen molar-refractivity contribution in [1.29, 1.82) is 0 Å². The molecule has 0 bridgehead atoms. The molecule has 0 aliphatic carbocycles. The van der Waals surface area contributed by atoms with Crippen molar-refractivity contribution in [3.05, 3.63) is 76.6 Å². The second-order valence-corrected chi connectivity index (χ2v) is 8.45. The highest BCUT2D eigenvalue weighted by Gasteiger charge is 2.31. The van der Waals surface area contributed by atoms with Gasteiger partial charge in [-0.2, -0.15) is 0 Å². The molecule has 4 aromatic rings. The molecule has 11 heteroatoms. The highest BCUT2D eigenvalue weighted by molar-refractivity contribution is 7.12. The van der Waals surface area contributed by atoms with Gasteiger partial charge in [-0.25, -0.2) is 0 Å². The molecule has 0 aliphatic heterocycles. The zero-order valence-corrected chi connectivity index (χ0v) is 19.9. The van der Waals surface area contributed by atoms with Gasteiger partial charge in [-0.15, -0.1) is 24.5 Å². The number of hydrogen-bond acceptors (Lipinski definition) is 7. The van der Waals surface area contributed by atoms with E-state index in [1.165, 1.54) is 23.5 Å². The molecule has 1 amide bonds. The van der Waals surface area contributed by atoms with Gasteiger partial charge in [-0.05, 0) is 59.5 Å². The summed E-state index contributed by atoms with van der Waals surface area (Å²) in [5.74, 6) is -0.0430. The van der Waals surface area contributed by atoms with Crippen molar-refractivity contribution in [2.45, 2.75) is 12.9 Å². The number of pyridine rings is 1. The fraction of sp³-hybridized carbons (Fsp3) is 0.200. The number of amides is 1. The van der Waals surface area contributed by atoms with Gasteiger partial charge in [0, 0.05) is 37.0 Å². The summed E-state index contributed by atoms with van der Waals surface area (Å²) in [4.78, 5) is 17.7. The Morgan fingerprint density at radius 1 is 1.03 bits per heavy atom. The predicted molar refractivity (Wildman–Crippen MR) is 132 cm³/mol. The molecule has 0 saturated carbocycles. The Morgan fingerprint density at radius 2 is 1.81 bits per heavy atom. The van der Waals surface area contributed by atoms with Crippen LogP contribution in [-0.4, -0.2) is 37.6 Å². The number of carbonyl (C=O) groups is 1. The Morgan fingerprint density at radius 3 is 2.56 bits per heavy atom. The summed E-state index contributed by atoms with van der Waals surface area (Å²) in [6.07, 6.45) is -3.06. The lowest BCUT2D eigenvalue weighted by atomic mass is 10.1. The van der Waals surface area contributed by atoms with Crippen molar-refractivity contribution in [1.82, 2.24) is 4.98 Å². The minimum atomic E-state index is -4.78. The van der Waals surface area contributed by atoms with Crippen molar-refractivity contribution < 1.29 is 32.2 Å². The van der Waals surface area contributed by atoms with Gasteiger partial charge >= 0.3 is 6.36 Å². The summed E-state index contributed by atoms with van der Waals surface area (Å²) >= 11 is 1.25. The zero-order valence-electron chi connectivity index (χ0n) is 19.1. The van der Waals surface area contributed by atoms with Gasteiger partial charge in [0.05, 0.1) is 17.8 Å². The van der Waals surface area contributed by atoms with Crippen molar-refractivity contribution in [2.75, 3.05) is 31.0 Å². The number of hydrogen-bond donors (Lipinski definition) is 2. The van der Waals surface area contributed by atoms with Gasteiger partial charge in [-0.1, -0.05) is 0 Å². The number of fused-ring (bicyclic) bond motifs is 1. The molecule has 4 rings (SSSR count). The molecular formula is C25H22F3N3O4S. The minimum Gasteiger partial charge on any atom is -0.491 e. The van der Waals surface area contributed by atoms with Crippen LogP contribution in [0.4, 0.5) is 24.5 Å². The van der Waals surface area contributed by atoms with Crippen LogP contribution in [0.1, 0.15) is 15.2 Å². The van der Waals surface area contributed by atoms with Crippen LogP contribution in [0.25, 0.3) is 10.9 Å². The molecule has 0 unspecified atom stereocenters. The first-order chi connectivity index (χ1) is 17.3. The van der Waals surface area contributed by atoms with Crippen LogP contribution in [0.2, 0.25) is 0 Å². The predicted octanol–water partition coefficient (Wildman–Crippen LogP) is 6.08. The van der Waals surface area contributed by atoms with Gasteiger partial charge in [0.15, 0.2) is 0 Å². The number of rotatable bonds is 10. The molecule has 0 radical (unpaired) electrons. The third-order valence-electron chi connectivity index (χ3n) is 5.05. The van der Waals surface area contributed by atoms with Crippen LogP contribution in [0.5, 0.6) is 11.5 Å². The lowest BCUT2D eigenvalue weighted by Crippen LogP contribution is -2.17. The first kappa shape index (κ1) is 25.3. The Balaban J connectivity index is 1.41. The second-order valence-electron chi connectivity index (χ2n) is 7.53. The van der Waals surface area contributed by atoms with Gasteiger partial charge < -0.3 is 24.8 Å². The van der Waals surface area contributed by atoms with E-state index < -0.39 is 6.36 Å². The van der Waals surface area contributed by atoms with E-state index in [9.17, 15) is 18.0 Å². The maximum atomic E-state index is 12.8. The molecule has 7 nitrogen and oxygen atoms in total. The number of nitrogens with one attached hydrogen (secondary N) is 2. The van der Waals surface area contributed by atoms with Crippen LogP contribution in [0.3, 0.4) is 0 Å². The number of thiophene rings is 1. The Hall–Kier alpha value is -3.83. The van der Waals surface area contributed by atoms with Crippen molar-refractivity contribution >= 4 is 39.5 Å². The summed E-state index contributed by atoms with van der Waals surface area (Å²) in [5.41, 5.74) is 2.75. The molecule has 2 N–H and O–H groups in total. The number of aromatic nitrogens is 1. The number of benzene rings is 2. The minimum absolute atomic E-state index is 0.345. The van der Waals surface area contributed by atoms with Crippen LogP contribution in [0, 0.1) is 0 Å². The standard InChI is InChI=1S/C25H22F3N3O4S/c1-33-11-12-34-19-6-7-20-16(8-10-29-22(20)14-19)15-30-21-9-13-36-23(21)24(32)31-17-2-4-18(5-3-17)35-25(26,27)28/h2-10,13-14,30H,11-12,15H2,1H3,(H,31,32). The number of nitrogens with zero attached hydrogens (tertiary/aromatic N) is 1. The van der Waals surface area contributed by atoms with E-state index in [-0.39, 0.29) is 11.7 Å². The Kier molecular flexibility index (Phi) is 7.91. The summed E-state index contributed by atoms with van der Waals surface area (Å²) in [5, 5.41) is 8.71. The molecule has 2 aromatic heterocycles. The number of ether oxygens (including phenoxy) is 3. The maximum absolute atomic E-state index is 12.8. The molecule has 188 valence electrons. The average Bonchev–Trinajstić information content (AvgIpc) is 3.32. The molecule has 2 heterocycles. The monoisotopic (exact) mass is 517 g/mol.